The standard InChI is InChI=1S/C11H13BrFNO/c12-8-2-3-9(10(13)6-8)11-7-14-4-1-5-15-11/h2-3,6,11,14H,1,4-5,7H2. The van der Waals surface area contributed by atoms with Crippen molar-refractivity contribution >= 4 is 15.9 Å². The molecule has 1 aromatic carbocycles. The van der Waals surface area contributed by atoms with Gasteiger partial charge in [0.05, 0.1) is 6.10 Å². The molecule has 1 aromatic rings. The molecule has 2 nitrogen and oxygen atoms in total. The van der Waals surface area contributed by atoms with Crippen molar-refractivity contribution in [2.45, 2.75) is 12.5 Å². The molecule has 82 valence electrons. The van der Waals surface area contributed by atoms with Crippen molar-refractivity contribution in [1.82, 2.24) is 5.32 Å². The molecule has 0 aliphatic carbocycles. The Morgan fingerprint density at radius 1 is 1.47 bits per heavy atom. The molecule has 1 N–H and O–H groups in total. The van der Waals surface area contributed by atoms with Gasteiger partial charge in [-0.15, -0.1) is 0 Å². The molecule has 1 saturated heterocycles. The van der Waals surface area contributed by atoms with Crippen molar-refractivity contribution in [2.75, 3.05) is 19.7 Å². The first kappa shape index (κ1) is 11.0. The molecule has 1 aliphatic rings. The predicted octanol–water partition coefficient (Wildman–Crippen LogP) is 2.64. The van der Waals surface area contributed by atoms with Gasteiger partial charge in [0.15, 0.2) is 0 Å². The largest absolute Gasteiger partial charge is 0.372 e. The zero-order chi connectivity index (χ0) is 10.7. The molecule has 15 heavy (non-hydrogen) atoms. The normalized spacial score (nSPS) is 22.4. The molecule has 2 rings (SSSR count). The maximum Gasteiger partial charge on any atom is 0.130 e. The van der Waals surface area contributed by atoms with Crippen LogP contribution in [0.5, 0.6) is 0 Å². The first-order valence-corrected chi connectivity index (χ1v) is 5.84. The quantitative estimate of drug-likeness (QED) is 0.850. The molecule has 0 bridgehead atoms. The zero-order valence-corrected chi connectivity index (χ0v) is 9.89. The Morgan fingerprint density at radius 3 is 3.13 bits per heavy atom. The van der Waals surface area contributed by atoms with Crippen LogP contribution in [-0.4, -0.2) is 19.7 Å². The van der Waals surface area contributed by atoms with Crippen LogP contribution in [0.25, 0.3) is 0 Å². The van der Waals surface area contributed by atoms with E-state index >= 15 is 0 Å². The van der Waals surface area contributed by atoms with E-state index in [2.05, 4.69) is 21.2 Å². The Hall–Kier alpha value is -0.450. The Bertz CT molecular complexity index is 337. The van der Waals surface area contributed by atoms with Crippen LogP contribution < -0.4 is 5.32 Å². The summed E-state index contributed by atoms with van der Waals surface area (Å²) in [6.07, 6.45) is 0.815. The average Bonchev–Trinajstić information content (AvgIpc) is 2.46. The predicted molar refractivity (Wildman–Crippen MR) is 60.3 cm³/mol. The van der Waals surface area contributed by atoms with Gasteiger partial charge in [0, 0.05) is 23.2 Å². The van der Waals surface area contributed by atoms with Crippen LogP contribution in [0.4, 0.5) is 4.39 Å². The molecular weight excluding hydrogens is 261 g/mol. The molecular formula is C11H13BrFNO. The minimum Gasteiger partial charge on any atom is -0.372 e. The molecule has 1 atom stereocenters. The minimum absolute atomic E-state index is 0.166. The van der Waals surface area contributed by atoms with E-state index in [1.54, 1.807) is 6.07 Å². The van der Waals surface area contributed by atoms with Gasteiger partial charge in [0.2, 0.25) is 0 Å². The van der Waals surface area contributed by atoms with Gasteiger partial charge in [0.1, 0.15) is 5.82 Å². The highest BCUT2D eigenvalue weighted by molar-refractivity contribution is 9.10. The fourth-order valence-electron chi connectivity index (χ4n) is 1.68. The molecule has 1 aliphatic heterocycles. The van der Waals surface area contributed by atoms with Gasteiger partial charge in [-0.1, -0.05) is 22.0 Å². The SMILES string of the molecule is Fc1cc(Br)ccc1C1CNCCCO1. The third-order valence-corrected chi connectivity index (χ3v) is 2.95. The molecule has 1 fully saturated rings. The lowest BCUT2D eigenvalue weighted by molar-refractivity contribution is 0.0643. The van der Waals surface area contributed by atoms with Crippen molar-refractivity contribution in [3.05, 3.63) is 34.1 Å². The maximum absolute atomic E-state index is 13.6. The molecule has 0 amide bonds. The Labute approximate surface area is 96.9 Å². The lowest BCUT2D eigenvalue weighted by Crippen LogP contribution is -2.20. The summed E-state index contributed by atoms with van der Waals surface area (Å²) in [6.45, 7) is 2.31. The second-order valence-corrected chi connectivity index (χ2v) is 4.50. The lowest BCUT2D eigenvalue weighted by atomic mass is 10.1. The fraction of sp³-hybridized carbons (Fsp3) is 0.455. The number of benzene rings is 1. The molecule has 0 aromatic heterocycles. The van der Waals surface area contributed by atoms with Crippen molar-refractivity contribution in [3.8, 4) is 0 Å². The van der Waals surface area contributed by atoms with Crippen LogP contribution in [-0.2, 0) is 4.74 Å². The van der Waals surface area contributed by atoms with Gasteiger partial charge < -0.3 is 10.1 Å². The number of nitrogens with one attached hydrogen (secondary N) is 1. The van der Waals surface area contributed by atoms with Crippen LogP contribution >= 0.6 is 15.9 Å². The third-order valence-electron chi connectivity index (χ3n) is 2.46. The van der Waals surface area contributed by atoms with E-state index in [1.807, 2.05) is 6.07 Å². The number of halogens is 2. The monoisotopic (exact) mass is 273 g/mol. The summed E-state index contributed by atoms with van der Waals surface area (Å²) < 4.78 is 20.0. The highest BCUT2D eigenvalue weighted by atomic mass is 79.9. The summed E-state index contributed by atoms with van der Waals surface area (Å²) in [7, 11) is 0. The summed E-state index contributed by atoms with van der Waals surface area (Å²) >= 11 is 3.24. The zero-order valence-electron chi connectivity index (χ0n) is 8.30. The highest BCUT2D eigenvalue weighted by Crippen LogP contribution is 2.24. The van der Waals surface area contributed by atoms with E-state index in [0.29, 0.717) is 18.7 Å². The average molecular weight is 274 g/mol. The number of hydrogen-bond donors (Lipinski definition) is 1. The summed E-state index contributed by atoms with van der Waals surface area (Å²) in [5.74, 6) is -0.210. The van der Waals surface area contributed by atoms with Crippen molar-refractivity contribution in [3.63, 3.8) is 0 Å². The Balaban J connectivity index is 2.19. The first-order chi connectivity index (χ1) is 7.27. The van der Waals surface area contributed by atoms with Gasteiger partial charge in [0.25, 0.3) is 0 Å². The smallest absolute Gasteiger partial charge is 0.130 e. The summed E-state index contributed by atoms with van der Waals surface area (Å²) in [4.78, 5) is 0. The summed E-state index contributed by atoms with van der Waals surface area (Å²) in [6, 6.07) is 5.09. The molecule has 0 spiro atoms. The van der Waals surface area contributed by atoms with Gasteiger partial charge in [-0.25, -0.2) is 4.39 Å². The Kier molecular flexibility index (Phi) is 3.72. The van der Waals surface area contributed by atoms with E-state index in [0.717, 1.165) is 17.4 Å². The number of hydrogen-bond acceptors (Lipinski definition) is 2. The highest BCUT2D eigenvalue weighted by Gasteiger charge is 2.18. The van der Waals surface area contributed by atoms with Crippen LogP contribution in [0.2, 0.25) is 0 Å². The topological polar surface area (TPSA) is 21.3 Å². The second-order valence-electron chi connectivity index (χ2n) is 3.58. The third kappa shape index (κ3) is 2.77. The minimum atomic E-state index is -0.210. The number of ether oxygens (including phenoxy) is 1. The van der Waals surface area contributed by atoms with Gasteiger partial charge in [-0.05, 0) is 25.1 Å². The van der Waals surface area contributed by atoms with E-state index in [-0.39, 0.29) is 11.9 Å². The Morgan fingerprint density at radius 2 is 2.33 bits per heavy atom. The van der Waals surface area contributed by atoms with Crippen LogP contribution in [0.15, 0.2) is 22.7 Å². The van der Waals surface area contributed by atoms with E-state index in [4.69, 9.17) is 4.74 Å². The molecule has 1 unspecified atom stereocenters. The molecule has 4 heteroatoms. The van der Waals surface area contributed by atoms with E-state index in [9.17, 15) is 4.39 Å². The number of rotatable bonds is 1. The first-order valence-electron chi connectivity index (χ1n) is 5.04. The maximum atomic E-state index is 13.6. The van der Waals surface area contributed by atoms with Crippen LogP contribution in [0, 0.1) is 5.82 Å². The van der Waals surface area contributed by atoms with Crippen molar-refractivity contribution in [1.29, 1.82) is 0 Å². The van der Waals surface area contributed by atoms with Gasteiger partial charge >= 0.3 is 0 Å². The fourth-order valence-corrected chi connectivity index (χ4v) is 2.01. The molecule has 0 radical (unpaired) electrons. The summed E-state index contributed by atoms with van der Waals surface area (Å²) in [5, 5.41) is 3.23. The van der Waals surface area contributed by atoms with E-state index < -0.39 is 0 Å². The van der Waals surface area contributed by atoms with E-state index in [1.165, 1.54) is 6.07 Å². The van der Waals surface area contributed by atoms with Crippen LogP contribution in [0.3, 0.4) is 0 Å². The van der Waals surface area contributed by atoms with Gasteiger partial charge in [-0.2, -0.15) is 0 Å². The summed E-state index contributed by atoms with van der Waals surface area (Å²) in [5.41, 5.74) is 0.632. The van der Waals surface area contributed by atoms with Crippen molar-refractivity contribution < 1.29 is 9.13 Å². The van der Waals surface area contributed by atoms with Crippen molar-refractivity contribution in [2.24, 2.45) is 0 Å². The van der Waals surface area contributed by atoms with Gasteiger partial charge in [-0.3, -0.25) is 0 Å². The molecule has 1 heterocycles. The molecule has 0 saturated carbocycles. The lowest BCUT2D eigenvalue weighted by Gasteiger charge is -2.16. The second kappa shape index (κ2) is 5.05. The van der Waals surface area contributed by atoms with Crippen LogP contribution in [0.1, 0.15) is 18.1 Å².